The minimum atomic E-state index is -0.702. The van der Waals surface area contributed by atoms with Crippen LogP contribution >= 0.6 is 0 Å². The van der Waals surface area contributed by atoms with Crippen LogP contribution in [0.5, 0.6) is 0 Å². The van der Waals surface area contributed by atoms with E-state index in [1.165, 1.54) is 22.3 Å². The van der Waals surface area contributed by atoms with Gasteiger partial charge >= 0.3 is 5.97 Å². The summed E-state index contributed by atoms with van der Waals surface area (Å²) in [6.45, 7) is 9.68. The fraction of sp³-hybridized carbons (Fsp3) is 0.562. The fourth-order valence-corrected chi connectivity index (χ4v) is 2.55. The molecule has 0 amide bonds. The molecule has 1 atom stereocenters. The Hall–Kier alpha value is -1.35. The second-order valence-electron chi connectivity index (χ2n) is 5.52. The van der Waals surface area contributed by atoms with Crippen molar-refractivity contribution >= 4 is 5.97 Å². The zero-order valence-electron chi connectivity index (χ0n) is 12.7. The number of benzene rings is 1. The van der Waals surface area contributed by atoms with Crippen molar-refractivity contribution in [1.82, 2.24) is 4.90 Å². The smallest absolute Gasteiger partial charge is 0.307 e. The molecule has 0 saturated heterocycles. The summed E-state index contributed by atoms with van der Waals surface area (Å²) < 4.78 is 0. The highest BCUT2D eigenvalue weighted by Gasteiger charge is 2.18. The van der Waals surface area contributed by atoms with Crippen molar-refractivity contribution in [2.75, 3.05) is 13.6 Å². The number of carbonyl (C=O) groups is 1. The van der Waals surface area contributed by atoms with Crippen molar-refractivity contribution in [3.8, 4) is 0 Å². The molecule has 1 unspecified atom stereocenters. The first kappa shape index (κ1) is 15.7. The van der Waals surface area contributed by atoms with Gasteiger partial charge in [-0.15, -0.1) is 0 Å². The number of carboxylic acids is 1. The third-order valence-corrected chi connectivity index (χ3v) is 3.64. The molecule has 0 spiro atoms. The van der Waals surface area contributed by atoms with Crippen molar-refractivity contribution in [1.29, 1.82) is 0 Å². The van der Waals surface area contributed by atoms with Crippen LogP contribution in [0.25, 0.3) is 0 Å². The van der Waals surface area contributed by atoms with Crippen LogP contribution < -0.4 is 0 Å². The van der Waals surface area contributed by atoms with E-state index in [1.54, 1.807) is 0 Å². The Kier molecular flexibility index (Phi) is 5.55. The van der Waals surface area contributed by atoms with Crippen LogP contribution in [0.1, 0.15) is 35.6 Å². The van der Waals surface area contributed by atoms with E-state index < -0.39 is 5.97 Å². The maximum absolute atomic E-state index is 11.1. The summed E-state index contributed by atoms with van der Waals surface area (Å²) in [4.78, 5) is 13.2. The summed E-state index contributed by atoms with van der Waals surface area (Å²) in [6.07, 6.45) is 0.672. The first-order valence-electron chi connectivity index (χ1n) is 6.83. The van der Waals surface area contributed by atoms with Crippen molar-refractivity contribution in [3.63, 3.8) is 0 Å². The molecule has 3 heteroatoms. The minimum Gasteiger partial charge on any atom is -0.481 e. The SMILES string of the molecule is CCC(CN(C)Cc1c(C)cc(C)cc1C)C(=O)O. The molecule has 19 heavy (non-hydrogen) atoms. The second kappa shape index (κ2) is 6.71. The lowest BCUT2D eigenvalue weighted by atomic mass is 9.99. The Morgan fingerprint density at radius 3 is 2.21 bits per heavy atom. The molecule has 0 bridgehead atoms. The van der Waals surface area contributed by atoms with Crippen LogP contribution in [0.4, 0.5) is 0 Å². The molecule has 0 aliphatic heterocycles. The maximum atomic E-state index is 11.1. The molecule has 1 aromatic rings. The van der Waals surface area contributed by atoms with Crippen LogP contribution in [0.15, 0.2) is 12.1 Å². The van der Waals surface area contributed by atoms with Gasteiger partial charge in [0.25, 0.3) is 0 Å². The average molecular weight is 263 g/mol. The zero-order chi connectivity index (χ0) is 14.6. The highest BCUT2D eigenvalue weighted by Crippen LogP contribution is 2.18. The molecule has 0 radical (unpaired) electrons. The van der Waals surface area contributed by atoms with Crippen molar-refractivity contribution in [2.24, 2.45) is 5.92 Å². The van der Waals surface area contributed by atoms with Gasteiger partial charge in [-0.05, 0) is 50.9 Å². The Bertz CT molecular complexity index is 431. The predicted octanol–water partition coefficient (Wildman–Crippen LogP) is 3.15. The zero-order valence-corrected chi connectivity index (χ0v) is 12.7. The average Bonchev–Trinajstić information content (AvgIpc) is 2.30. The van der Waals surface area contributed by atoms with E-state index in [9.17, 15) is 4.79 Å². The lowest BCUT2D eigenvalue weighted by molar-refractivity contribution is -0.142. The van der Waals surface area contributed by atoms with Gasteiger partial charge < -0.3 is 10.0 Å². The lowest BCUT2D eigenvalue weighted by Gasteiger charge is -2.23. The second-order valence-corrected chi connectivity index (χ2v) is 5.52. The van der Waals surface area contributed by atoms with E-state index in [0.717, 1.165) is 6.54 Å². The van der Waals surface area contributed by atoms with Crippen molar-refractivity contribution in [3.05, 3.63) is 34.4 Å². The van der Waals surface area contributed by atoms with Gasteiger partial charge in [-0.1, -0.05) is 24.6 Å². The number of aryl methyl sites for hydroxylation is 3. The van der Waals surface area contributed by atoms with Crippen LogP contribution in [0.2, 0.25) is 0 Å². The standard InChI is InChI=1S/C16H25NO2/c1-6-14(16(18)19)9-17(5)10-15-12(3)7-11(2)8-13(15)4/h7-8,14H,6,9-10H2,1-5H3,(H,18,19). The van der Waals surface area contributed by atoms with E-state index in [0.29, 0.717) is 13.0 Å². The van der Waals surface area contributed by atoms with Gasteiger partial charge in [-0.2, -0.15) is 0 Å². The van der Waals surface area contributed by atoms with Gasteiger partial charge in [0.1, 0.15) is 0 Å². The quantitative estimate of drug-likeness (QED) is 0.857. The largest absolute Gasteiger partial charge is 0.481 e. The molecule has 0 aliphatic rings. The molecule has 0 saturated carbocycles. The van der Waals surface area contributed by atoms with Crippen LogP contribution in [0.3, 0.4) is 0 Å². The molecular formula is C16H25NO2. The van der Waals surface area contributed by atoms with Crippen LogP contribution in [-0.4, -0.2) is 29.6 Å². The van der Waals surface area contributed by atoms with Gasteiger partial charge in [0, 0.05) is 13.1 Å². The van der Waals surface area contributed by atoms with E-state index >= 15 is 0 Å². The summed E-state index contributed by atoms with van der Waals surface area (Å²) in [5, 5.41) is 9.11. The minimum absolute atomic E-state index is 0.281. The first-order valence-corrected chi connectivity index (χ1v) is 6.83. The summed E-state index contributed by atoms with van der Waals surface area (Å²) in [7, 11) is 1.99. The third-order valence-electron chi connectivity index (χ3n) is 3.64. The Morgan fingerprint density at radius 1 is 1.26 bits per heavy atom. The summed E-state index contributed by atoms with van der Waals surface area (Å²) >= 11 is 0. The molecule has 0 aromatic heterocycles. The molecule has 106 valence electrons. The van der Waals surface area contributed by atoms with Gasteiger partial charge in [0.15, 0.2) is 0 Å². The van der Waals surface area contributed by atoms with Crippen LogP contribution in [-0.2, 0) is 11.3 Å². The van der Waals surface area contributed by atoms with Gasteiger partial charge in [-0.25, -0.2) is 0 Å². The fourth-order valence-electron chi connectivity index (χ4n) is 2.55. The highest BCUT2D eigenvalue weighted by atomic mass is 16.4. The van der Waals surface area contributed by atoms with Crippen molar-refractivity contribution < 1.29 is 9.90 Å². The van der Waals surface area contributed by atoms with E-state index in [2.05, 4.69) is 37.8 Å². The van der Waals surface area contributed by atoms with Crippen molar-refractivity contribution in [2.45, 2.75) is 40.7 Å². The first-order chi connectivity index (χ1) is 8.85. The summed E-state index contributed by atoms with van der Waals surface area (Å²) in [5.41, 5.74) is 5.16. The Labute approximate surface area is 116 Å². The van der Waals surface area contributed by atoms with Gasteiger partial charge in [-0.3, -0.25) is 4.79 Å². The Morgan fingerprint density at radius 2 is 1.79 bits per heavy atom. The van der Waals surface area contributed by atoms with E-state index in [4.69, 9.17) is 5.11 Å². The lowest BCUT2D eigenvalue weighted by Crippen LogP contribution is -2.30. The predicted molar refractivity (Wildman–Crippen MR) is 78.4 cm³/mol. The number of hydrogen-bond acceptors (Lipinski definition) is 2. The van der Waals surface area contributed by atoms with Crippen LogP contribution in [0, 0.1) is 26.7 Å². The summed E-state index contributed by atoms with van der Waals surface area (Å²) in [5.74, 6) is -0.984. The molecule has 0 aliphatic carbocycles. The number of rotatable bonds is 6. The highest BCUT2D eigenvalue weighted by molar-refractivity contribution is 5.70. The number of carboxylic acid groups (broad SMARTS) is 1. The van der Waals surface area contributed by atoms with Gasteiger partial charge in [0.2, 0.25) is 0 Å². The number of nitrogens with zero attached hydrogens (tertiary/aromatic N) is 1. The summed E-state index contributed by atoms with van der Waals surface area (Å²) in [6, 6.07) is 4.37. The maximum Gasteiger partial charge on any atom is 0.307 e. The van der Waals surface area contributed by atoms with E-state index in [-0.39, 0.29) is 5.92 Å². The molecule has 0 fully saturated rings. The normalized spacial score (nSPS) is 12.7. The number of aliphatic carboxylic acids is 1. The molecule has 0 heterocycles. The molecule has 3 nitrogen and oxygen atoms in total. The molecule has 1 N–H and O–H groups in total. The molecular weight excluding hydrogens is 238 g/mol. The molecule has 1 rings (SSSR count). The topological polar surface area (TPSA) is 40.5 Å². The Balaban J connectivity index is 2.77. The van der Waals surface area contributed by atoms with Gasteiger partial charge in [0.05, 0.1) is 5.92 Å². The molecule has 1 aromatic carbocycles. The monoisotopic (exact) mass is 263 g/mol. The third kappa shape index (κ3) is 4.35. The van der Waals surface area contributed by atoms with E-state index in [1.807, 2.05) is 14.0 Å². The number of hydrogen-bond donors (Lipinski definition) is 1.